The SMILES string of the molecule is Cc1nc(-c2nnn(C)c2CNc2cc(C(F)(F)F)ncn2)ccc1O[C@H]1CCC[C@H](C(=O)O)C1. The van der Waals surface area contributed by atoms with Crippen LogP contribution in [0.2, 0.25) is 0 Å². The lowest BCUT2D eigenvalue weighted by atomic mass is 9.87. The van der Waals surface area contributed by atoms with Gasteiger partial charge in [-0.1, -0.05) is 5.21 Å². The second-order valence-corrected chi connectivity index (χ2v) is 8.37. The van der Waals surface area contributed by atoms with E-state index in [1.165, 1.54) is 4.68 Å². The predicted molar refractivity (Wildman–Crippen MR) is 117 cm³/mol. The van der Waals surface area contributed by atoms with Gasteiger partial charge in [-0.25, -0.2) is 19.6 Å². The second-order valence-electron chi connectivity index (χ2n) is 8.37. The van der Waals surface area contributed by atoms with Crippen molar-refractivity contribution in [1.29, 1.82) is 0 Å². The van der Waals surface area contributed by atoms with Gasteiger partial charge in [0.1, 0.15) is 29.3 Å². The van der Waals surface area contributed by atoms with Crippen molar-refractivity contribution in [3.8, 4) is 17.1 Å². The monoisotopic (exact) mass is 491 g/mol. The Bertz CT molecular complexity index is 1220. The van der Waals surface area contributed by atoms with Gasteiger partial charge in [0.15, 0.2) is 0 Å². The fourth-order valence-electron chi connectivity index (χ4n) is 4.02. The van der Waals surface area contributed by atoms with Crippen LogP contribution in [0.1, 0.15) is 42.8 Å². The van der Waals surface area contributed by atoms with Crippen molar-refractivity contribution in [2.24, 2.45) is 13.0 Å². The smallest absolute Gasteiger partial charge is 0.433 e. The van der Waals surface area contributed by atoms with Crippen LogP contribution in [0.5, 0.6) is 5.75 Å². The van der Waals surface area contributed by atoms with Crippen molar-refractivity contribution >= 4 is 11.8 Å². The molecule has 10 nitrogen and oxygen atoms in total. The van der Waals surface area contributed by atoms with E-state index in [-0.39, 0.29) is 18.5 Å². The molecule has 1 saturated carbocycles. The molecule has 1 fully saturated rings. The van der Waals surface area contributed by atoms with Crippen molar-refractivity contribution in [3.05, 3.63) is 41.6 Å². The highest BCUT2D eigenvalue weighted by Gasteiger charge is 2.33. The quantitative estimate of drug-likeness (QED) is 0.509. The first-order valence-corrected chi connectivity index (χ1v) is 11.0. The number of ether oxygens (including phenoxy) is 1. The topological polar surface area (TPSA) is 128 Å². The molecule has 1 aliphatic rings. The van der Waals surface area contributed by atoms with Crippen LogP contribution in [0.3, 0.4) is 0 Å². The van der Waals surface area contributed by atoms with Gasteiger partial charge in [0.2, 0.25) is 0 Å². The van der Waals surface area contributed by atoms with E-state index in [4.69, 9.17) is 4.74 Å². The van der Waals surface area contributed by atoms with Gasteiger partial charge in [-0.05, 0) is 44.7 Å². The number of nitrogens with zero attached hydrogens (tertiary/aromatic N) is 6. The maximum atomic E-state index is 12.9. The number of carboxylic acid groups (broad SMARTS) is 1. The van der Waals surface area contributed by atoms with Crippen LogP contribution in [0.25, 0.3) is 11.4 Å². The van der Waals surface area contributed by atoms with E-state index in [1.807, 2.05) is 0 Å². The van der Waals surface area contributed by atoms with Crippen molar-refractivity contribution in [2.75, 3.05) is 5.32 Å². The summed E-state index contributed by atoms with van der Waals surface area (Å²) in [4.78, 5) is 23.0. The number of alkyl halides is 3. The Morgan fingerprint density at radius 2 is 2.09 bits per heavy atom. The molecule has 0 aromatic carbocycles. The third-order valence-electron chi connectivity index (χ3n) is 5.89. The number of aliphatic carboxylic acids is 1. The minimum absolute atomic E-state index is 0.0134. The minimum Gasteiger partial charge on any atom is -0.489 e. The van der Waals surface area contributed by atoms with Crippen LogP contribution in [-0.2, 0) is 24.6 Å². The molecule has 0 saturated heterocycles. The molecule has 0 aliphatic heterocycles. The van der Waals surface area contributed by atoms with E-state index in [2.05, 4.69) is 30.6 Å². The Labute approximate surface area is 198 Å². The lowest BCUT2D eigenvalue weighted by Crippen LogP contribution is -2.29. The van der Waals surface area contributed by atoms with Gasteiger partial charge in [0.05, 0.1) is 35.6 Å². The Morgan fingerprint density at radius 1 is 1.29 bits per heavy atom. The second kappa shape index (κ2) is 9.84. The molecule has 186 valence electrons. The summed E-state index contributed by atoms with van der Waals surface area (Å²) < 4.78 is 46.3. The average Bonchev–Trinajstić information content (AvgIpc) is 3.19. The summed E-state index contributed by atoms with van der Waals surface area (Å²) in [6.07, 6.45) is -1.24. The third-order valence-corrected chi connectivity index (χ3v) is 5.89. The molecule has 3 aromatic rings. The fraction of sp³-hybridized carbons (Fsp3) is 0.455. The standard InChI is InChI=1S/C22H24F3N7O3/c1-12-17(35-14-5-3-4-13(8-14)21(33)34)7-6-15(29-12)20-16(32(2)31-30-20)10-26-19-9-18(22(23,24)25)27-11-28-19/h6-7,9,11,13-14H,3-5,8,10H2,1-2H3,(H,33,34)(H,26,27,28)/t13-,14-/m0/s1. The Hall–Kier alpha value is -3.77. The molecule has 1 aliphatic carbocycles. The molecule has 3 aromatic heterocycles. The number of halogens is 3. The van der Waals surface area contributed by atoms with Gasteiger partial charge in [0, 0.05) is 13.1 Å². The molecule has 35 heavy (non-hydrogen) atoms. The maximum absolute atomic E-state index is 12.9. The zero-order valence-electron chi connectivity index (χ0n) is 19.1. The zero-order chi connectivity index (χ0) is 25.2. The first kappa shape index (κ1) is 24.4. The van der Waals surface area contributed by atoms with E-state index in [9.17, 15) is 23.1 Å². The Balaban J connectivity index is 1.49. The molecule has 0 spiro atoms. The fourth-order valence-corrected chi connectivity index (χ4v) is 4.02. The van der Waals surface area contributed by atoms with E-state index in [1.54, 1.807) is 26.1 Å². The summed E-state index contributed by atoms with van der Waals surface area (Å²) in [5.41, 5.74) is 1.14. The number of hydrogen-bond acceptors (Lipinski definition) is 8. The van der Waals surface area contributed by atoms with E-state index < -0.39 is 23.8 Å². The number of nitrogens with one attached hydrogen (secondary N) is 1. The van der Waals surface area contributed by atoms with E-state index in [0.29, 0.717) is 41.4 Å². The van der Waals surface area contributed by atoms with Crippen LogP contribution < -0.4 is 10.1 Å². The van der Waals surface area contributed by atoms with Crippen LogP contribution in [0.4, 0.5) is 19.0 Å². The molecular formula is C22H24F3N7O3. The molecule has 3 heterocycles. The first-order valence-electron chi connectivity index (χ1n) is 11.0. The molecule has 0 unspecified atom stereocenters. The highest BCUT2D eigenvalue weighted by molar-refractivity contribution is 5.70. The molecule has 0 bridgehead atoms. The number of carboxylic acids is 1. The number of anilines is 1. The average molecular weight is 491 g/mol. The summed E-state index contributed by atoms with van der Waals surface area (Å²) in [5.74, 6) is -0.629. The lowest BCUT2D eigenvalue weighted by Gasteiger charge is -2.27. The van der Waals surface area contributed by atoms with Gasteiger partial charge in [-0.2, -0.15) is 13.2 Å². The molecule has 4 rings (SSSR count). The summed E-state index contributed by atoms with van der Waals surface area (Å²) in [5, 5.41) is 20.3. The van der Waals surface area contributed by atoms with Crippen molar-refractivity contribution < 1.29 is 27.8 Å². The van der Waals surface area contributed by atoms with Gasteiger partial charge < -0.3 is 15.2 Å². The van der Waals surface area contributed by atoms with E-state index >= 15 is 0 Å². The van der Waals surface area contributed by atoms with Gasteiger partial charge in [0.25, 0.3) is 0 Å². The zero-order valence-corrected chi connectivity index (χ0v) is 19.1. The highest BCUT2D eigenvalue weighted by Crippen LogP contribution is 2.31. The van der Waals surface area contributed by atoms with Crippen molar-refractivity contribution in [2.45, 2.75) is 51.4 Å². The Kier molecular flexibility index (Phi) is 6.85. The Morgan fingerprint density at radius 3 is 2.80 bits per heavy atom. The summed E-state index contributed by atoms with van der Waals surface area (Å²) in [7, 11) is 1.67. The highest BCUT2D eigenvalue weighted by atomic mass is 19.4. The summed E-state index contributed by atoms with van der Waals surface area (Å²) in [6, 6.07) is 4.31. The molecule has 0 amide bonds. The van der Waals surface area contributed by atoms with Crippen LogP contribution in [-0.4, -0.2) is 47.1 Å². The maximum Gasteiger partial charge on any atom is 0.433 e. The molecule has 2 N–H and O–H groups in total. The number of rotatable bonds is 7. The van der Waals surface area contributed by atoms with Gasteiger partial charge in [-0.3, -0.25) is 4.79 Å². The van der Waals surface area contributed by atoms with Crippen LogP contribution >= 0.6 is 0 Å². The summed E-state index contributed by atoms with van der Waals surface area (Å²) >= 11 is 0. The number of hydrogen-bond donors (Lipinski definition) is 2. The van der Waals surface area contributed by atoms with Crippen LogP contribution in [0, 0.1) is 12.8 Å². The molecule has 0 radical (unpaired) electrons. The molecule has 13 heteroatoms. The largest absolute Gasteiger partial charge is 0.489 e. The van der Waals surface area contributed by atoms with Crippen molar-refractivity contribution in [1.82, 2.24) is 29.9 Å². The minimum atomic E-state index is -4.57. The summed E-state index contributed by atoms with van der Waals surface area (Å²) in [6.45, 7) is 1.88. The number of pyridine rings is 1. The normalized spacial score (nSPS) is 18.3. The molecular weight excluding hydrogens is 467 g/mol. The first-order chi connectivity index (χ1) is 16.6. The molecule has 2 atom stereocenters. The lowest BCUT2D eigenvalue weighted by molar-refractivity contribution is -0.144. The number of aromatic nitrogens is 6. The number of aryl methyl sites for hydroxylation is 2. The van der Waals surface area contributed by atoms with Gasteiger partial charge >= 0.3 is 12.1 Å². The van der Waals surface area contributed by atoms with Crippen LogP contribution in [0.15, 0.2) is 24.5 Å². The third kappa shape index (κ3) is 5.66. The van der Waals surface area contributed by atoms with E-state index in [0.717, 1.165) is 25.2 Å². The van der Waals surface area contributed by atoms with Gasteiger partial charge in [-0.15, -0.1) is 5.10 Å². The van der Waals surface area contributed by atoms with Crippen molar-refractivity contribution in [3.63, 3.8) is 0 Å². The predicted octanol–water partition coefficient (Wildman–Crippen LogP) is 3.63. The number of carbonyl (C=O) groups is 1.